The fraction of sp³-hybridized carbons (Fsp3) is 0.833. The molecule has 0 unspecified atom stereocenters. The highest BCUT2D eigenvalue weighted by atomic mass is 16.2. The van der Waals surface area contributed by atoms with Crippen LogP contribution in [0.2, 0.25) is 0 Å². The Morgan fingerprint density at radius 2 is 1.75 bits per heavy atom. The van der Waals surface area contributed by atoms with Crippen LogP contribution in [0.15, 0.2) is 12.7 Å². The molecule has 20 heavy (non-hydrogen) atoms. The predicted molar refractivity (Wildman–Crippen MR) is 86.7 cm³/mol. The van der Waals surface area contributed by atoms with Gasteiger partial charge in [-0.05, 0) is 37.7 Å². The van der Waals surface area contributed by atoms with Gasteiger partial charge in [-0.2, -0.15) is 0 Å². The third-order valence-electron chi connectivity index (χ3n) is 4.78. The van der Waals surface area contributed by atoms with E-state index in [-0.39, 0.29) is 5.91 Å². The number of nitrogens with zero attached hydrogens (tertiary/aromatic N) is 1. The van der Waals surface area contributed by atoms with Gasteiger partial charge in [0.25, 0.3) is 0 Å². The summed E-state index contributed by atoms with van der Waals surface area (Å²) in [4.78, 5) is 13.6. The lowest BCUT2D eigenvalue weighted by Crippen LogP contribution is -2.35. The van der Waals surface area contributed by atoms with Crippen LogP contribution in [0.4, 0.5) is 0 Å². The van der Waals surface area contributed by atoms with Gasteiger partial charge in [0.05, 0.1) is 0 Å². The average molecular weight is 279 g/mol. The number of unbranched alkanes of at least 4 members (excludes halogenated alkanes) is 3. The lowest BCUT2D eigenvalue weighted by molar-refractivity contribution is -0.126. The third-order valence-corrected chi connectivity index (χ3v) is 4.78. The zero-order valence-corrected chi connectivity index (χ0v) is 13.6. The number of rotatable bonds is 9. The van der Waals surface area contributed by atoms with Crippen molar-refractivity contribution in [2.75, 3.05) is 13.1 Å². The maximum absolute atomic E-state index is 11.7. The van der Waals surface area contributed by atoms with Gasteiger partial charge >= 0.3 is 0 Å². The van der Waals surface area contributed by atoms with Gasteiger partial charge in [0.2, 0.25) is 5.91 Å². The van der Waals surface area contributed by atoms with E-state index < -0.39 is 0 Å². The van der Waals surface area contributed by atoms with Crippen LogP contribution in [0.5, 0.6) is 0 Å². The fourth-order valence-electron chi connectivity index (χ4n) is 3.38. The Bertz CT molecular complexity index is 279. The van der Waals surface area contributed by atoms with Crippen molar-refractivity contribution in [2.24, 2.45) is 11.8 Å². The summed E-state index contributed by atoms with van der Waals surface area (Å²) in [7, 11) is 0. The second-order valence-corrected chi connectivity index (χ2v) is 6.32. The minimum atomic E-state index is 0.0918. The summed E-state index contributed by atoms with van der Waals surface area (Å²) in [6.45, 7) is 9.66. The van der Waals surface area contributed by atoms with Gasteiger partial charge in [-0.3, -0.25) is 4.79 Å². The summed E-state index contributed by atoms with van der Waals surface area (Å²) < 4.78 is 0. The van der Waals surface area contributed by atoms with E-state index in [1.54, 1.807) is 0 Å². The standard InChI is InChI=1S/C18H33NO/c1-4-7-8-9-10-16-11-13-17(14-12-16)15-19(6-3)18(20)5-2/h5,16-17H,2,4,6-15H2,1,3H3. The highest BCUT2D eigenvalue weighted by molar-refractivity contribution is 5.86. The van der Waals surface area contributed by atoms with E-state index in [0.717, 1.165) is 19.0 Å². The van der Waals surface area contributed by atoms with Crippen molar-refractivity contribution in [3.05, 3.63) is 12.7 Å². The first-order valence-electron chi connectivity index (χ1n) is 8.62. The monoisotopic (exact) mass is 279 g/mol. The molecule has 0 saturated heterocycles. The number of carbonyl (C=O) groups excluding carboxylic acids is 1. The van der Waals surface area contributed by atoms with Crippen LogP contribution >= 0.6 is 0 Å². The summed E-state index contributed by atoms with van der Waals surface area (Å²) >= 11 is 0. The van der Waals surface area contributed by atoms with Crippen LogP contribution in [-0.2, 0) is 4.79 Å². The molecular formula is C18H33NO. The van der Waals surface area contributed by atoms with Crippen LogP contribution in [0, 0.1) is 11.8 Å². The van der Waals surface area contributed by atoms with E-state index in [4.69, 9.17) is 0 Å². The maximum Gasteiger partial charge on any atom is 0.245 e. The Morgan fingerprint density at radius 1 is 1.10 bits per heavy atom. The molecule has 0 heterocycles. The van der Waals surface area contributed by atoms with Gasteiger partial charge in [-0.1, -0.05) is 58.4 Å². The number of carbonyl (C=O) groups is 1. The number of hydrogen-bond donors (Lipinski definition) is 0. The van der Waals surface area contributed by atoms with E-state index in [1.807, 2.05) is 4.90 Å². The minimum absolute atomic E-state index is 0.0918. The zero-order chi connectivity index (χ0) is 14.8. The highest BCUT2D eigenvalue weighted by Gasteiger charge is 2.23. The van der Waals surface area contributed by atoms with Crippen LogP contribution in [-0.4, -0.2) is 23.9 Å². The number of likely N-dealkylation sites (N-methyl/N-ethyl adjacent to an activating group) is 1. The first-order valence-corrected chi connectivity index (χ1v) is 8.62. The molecule has 0 bridgehead atoms. The molecule has 1 aliphatic carbocycles. The highest BCUT2D eigenvalue weighted by Crippen LogP contribution is 2.32. The largest absolute Gasteiger partial charge is 0.339 e. The summed E-state index contributed by atoms with van der Waals surface area (Å²) in [5, 5.41) is 0. The number of amides is 1. The van der Waals surface area contributed by atoms with E-state index in [0.29, 0.717) is 5.92 Å². The molecule has 2 heteroatoms. The summed E-state index contributed by atoms with van der Waals surface area (Å²) in [5.74, 6) is 1.76. The maximum atomic E-state index is 11.7. The number of hydrogen-bond acceptors (Lipinski definition) is 1. The summed E-state index contributed by atoms with van der Waals surface area (Å²) in [5.41, 5.74) is 0. The Hall–Kier alpha value is -0.790. The second kappa shape index (κ2) is 10.0. The van der Waals surface area contributed by atoms with Gasteiger partial charge in [0.1, 0.15) is 0 Å². The van der Waals surface area contributed by atoms with Crippen molar-refractivity contribution in [2.45, 2.75) is 71.6 Å². The molecule has 0 aromatic rings. The van der Waals surface area contributed by atoms with E-state index in [2.05, 4.69) is 20.4 Å². The lowest BCUT2D eigenvalue weighted by Gasteiger charge is -2.32. The molecule has 0 radical (unpaired) electrons. The normalized spacial score (nSPS) is 22.5. The molecule has 2 nitrogen and oxygen atoms in total. The quantitative estimate of drug-likeness (QED) is 0.438. The van der Waals surface area contributed by atoms with E-state index >= 15 is 0 Å². The first kappa shape index (κ1) is 17.3. The molecule has 1 amide bonds. The molecule has 0 N–H and O–H groups in total. The van der Waals surface area contributed by atoms with Crippen molar-refractivity contribution < 1.29 is 4.79 Å². The fourth-order valence-corrected chi connectivity index (χ4v) is 3.38. The van der Waals surface area contributed by atoms with E-state index in [1.165, 1.54) is 63.9 Å². The smallest absolute Gasteiger partial charge is 0.245 e. The Labute approximate surface area is 125 Å². The first-order chi connectivity index (χ1) is 9.71. The van der Waals surface area contributed by atoms with Gasteiger partial charge in [0, 0.05) is 13.1 Å². The molecule has 1 fully saturated rings. The van der Waals surface area contributed by atoms with Crippen LogP contribution < -0.4 is 0 Å². The molecule has 116 valence electrons. The van der Waals surface area contributed by atoms with Crippen molar-refractivity contribution in [3.63, 3.8) is 0 Å². The molecule has 0 aromatic heterocycles. The Morgan fingerprint density at radius 3 is 2.30 bits per heavy atom. The van der Waals surface area contributed by atoms with Crippen LogP contribution in [0.25, 0.3) is 0 Å². The molecule has 0 aliphatic heterocycles. The molecule has 0 atom stereocenters. The van der Waals surface area contributed by atoms with Gasteiger partial charge in [-0.15, -0.1) is 0 Å². The molecule has 1 aliphatic rings. The van der Waals surface area contributed by atoms with Crippen molar-refractivity contribution in [1.82, 2.24) is 4.90 Å². The molecule has 0 aromatic carbocycles. The second-order valence-electron chi connectivity index (χ2n) is 6.32. The van der Waals surface area contributed by atoms with Crippen LogP contribution in [0.1, 0.15) is 71.6 Å². The molecule has 0 spiro atoms. The van der Waals surface area contributed by atoms with Gasteiger partial charge in [0.15, 0.2) is 0 Å². The molecular weight excluding hydrogens is 246 g/mol. The predicted octanol–water partition coefficient (Wildman–Crippen LogP) is 4.80. The topological polar surface area (TPSA) is 20.3 Å². The molecule has 1 saturated carbocycles. The lowest BCUT2D eigenvalue weighted by atomic mass is 9.79. The van der Waals surface area contributed by atoms with Crippen molar-refractivity contribution in [3.8, 4) is 0 Å². The Kier molecular flexibility index (Phi) is 8.64. The molecule has 1 rings (SSSR count). The zero-order valence-electron chi connectivity index (χ0n) is 13.6. The van der Waals surface area contributed by atoms with E-state index in [9.17, 15) is 4.79 Å². The third kappa shape index (κ3) is 6.11. The van der Waals surface area contributed by atoms with Crippen LogP contribution in [0.3, 0.4) is 0 Å². The van der Waals surface area contributed by atoms with Crippen molar-refractivity contribution in [1.29, 1.82) is 0 Å². The summed E-state index contributed by atoms with van der Waals surface area (Å²) in [6, 6.07) is 0. The Balaban J connectivity index is 2.21. The average Bonchev–Trinajstić information content (AvgIpc) is 2.49. The minimum Gasteiger partial charge on any atom is -0.339 e. The SMILES string of the molecule is C=CC(=O)N(CC)CC1CCC(CCCCCC)CC1. The van der Waals surface area contributed by atoms with Gasteiger partial charge < -0.3 is 4.90 Å². The van der Waals surface area contributed by atoms with Crippen molar-refractivity contribution >= 4 is 5.91 Å². The van der Waals surface area contributed by atoms with Gasteiger partial charge in [-0.25, -0.2) is 0 Å². The summed E-state index contributed by atoms with van der Waals surface area (Å²) in [6.07, 6.45) is 13.8.